The minimum absolute atomic E-state index is 0.473. The van der Waals surface area contributed by atoms with Crippen molar-refractivity contribution in [2.24, 2.45) is 0 Å². The first-order valence-corrected chi connectivity index (χ1v) is 10.3. The molecule has 3 rings (SSSR count). The second kappa shape index (κ2) is 8.62. The molecule has 0 spiro atoms. The van der Waals surface area contributed by atoms with Gasteiger partial charge in [-0.25, -0.2) is 0 Å². The number of anilines is 2. The second-order valence-corrected chi connectivity index (χ2v) is 8.27. The van der Waals surface area contributed by atoms with Crippen LogP contribution in [0.15, 0.2) is 48.5 Å². The van der Waals surface area contributed by atoms with Gasteiger partial charge in [-0.05, 0) is 47.9 Å². The van der Waals surface area contributed by atoms with Crippen LogP contribution in [0, 0.1) is 0 Å². The third-order valence-corrected chi connectivity index (χ3v) is 5.59. The topological polar surface area (TPSA) is 24.1 Å². The Balaban J connectivity index is 1.86. The lowest BCUT2D eigenvalue weighted by molar-refractivity contribution is 0.423. The molecule has 0 aliphatic heterocycles. The standard InChI is InChI=1S/C24H34N2/c1-17(2)20-13-10-14-21(18(3)4)24(20)26-23-16-9-8-15-22(23)25-19-11-6-5-7-12-19/h5-7,10-14,17-18,22-23,25-26H,8-9,15-16H2,1-4H3/t22-,23-/m1/s1. The second-order valence-electron chi connectivity index (χ2n) is 8.27. The number of para-hydroxylation sites is 2. The summed E-state index contributed by atoms with van der Waals surface area (Å²) in [6.45, 7) is 9.19. The van der Waals surface area contributed by atoms with Crippen molar-refractivity contribution in [3.63, 3.8) is 0 Å². The van der Waals surface area contributed by atoms with E-state index in [2.05, 4.69) is 86.9 Å². The molecule has 0 bridgehead atoms. The Morgan fingerprint density at radius 3 is 1.77 bits per heavy atom. The van der Waals surface area contributed by atoms with Crippen LogP contribution in [0.25, 0.3) is 0 Å². The molecular formula is C24H34N2. The highest BCUT2D eigenvalue weighted by atomic mass is 15.0. The summed E-state index contributed by atoms with van der Waals surface area (Å²) in [5.41, 5.74) is 5.50. The Morgan fingerprint density at radius 1 is 0.692 bits per heavy atom. The van der Waals surface area contributed by atoms with Crippen molar-refractivity contribution >= 4 is 11.4 Å². The molecule has 2 heteroatoms. The molecule has 1 saturated carbocycles. The molecule has 2 atom stereocenters. The maximum absolute atomic E-state index is 3.99. The summed E-state index contributed by atoms with van der Waals surface area (Å²) in [6, 6.07) is 18.4. The number of nitrogens with one attached hydrogen (secondary N) is 2. The van der Waals surface area contributed by atoms with Gasteiger partial charge in [0, 0.05) is 23.5 Å². The summed E-state index contributed by atoms with van der Waals surface area (Å²) in [5, 5.41) is 7.77. The van der Waals surface area contributed by atoms with Gasteiger partial charge < -0.3 is 10.6 Å². The molecule has 0 unspecified atom stereocenters. The fraction of sp³-hybridized carbons (Fsp3) is 0.500. The van der Waals surface area contributed by atoms with Gasteiger partial charge in [-0.15, -0.1) is 0 Å². The molecule has 1 fully saturated rings. The minimum atomic E-state index is 0.473. The number of benzene rings is 2. The summed E-state index contributed by atoms with van der Waals surface area (Å²) in [4.78, 5) is 0. The van der Waals surface area contributed by atoms with E-state index in [0.29, 0.717) is 23.9 Å². The normalized spacial score (nSPS) is 20.4. The van der Waals surface area contributed by atoms with Crippen LogP contribution in [-0.4, -0.2) is 12.1 Å². The Bertz CT molecular complexity index is 664. The molecule has 0 amide bonds. The van der Waals surface area contributed by atoms with Crippen LogP contribution < -0.4 is 10.6 Å². The lowest BCUT2D eigenvalue weighted by Crippen LogP contribution is -2.42. The first-order chi connectivity index (χ1) is 12.6. The van der Waals surface area contributed by atoms with E-state index in [9.17, 15) is 0 Å². The third kappa shape index (κ3) is 4.41. The largest absolute Gasteiger partial charge is 0.380 e. The Hall–Kier alpha value is -1.96. The van der Waals surface area contributed by atoms with Crippen LogP contribution >= 0.6 is 0 Å². The molecule has 0 radical (unpaired) electrons. The monoisotopic (exact) mass is 350 g/mol. The van der Waals surface area contributed by atoms with Crippen molar-refractivity contribution in [2.45, 2.75) is 77.3 Å². The molecule has 2 nitrogen and oxygen atoms in total. The van der Waals surface area contributed by atoms with Gasteiger partial charge in [0.15, 0.2) is 0 Å². The molecule has 0 saturated heterocycles. The lowest BCUT2D eigenvalue weighted by atomic mass is 9.87. The van der Waals surface area contributed by atoms with E-state index >= 15 is 0 Å². The third-order valence-electron chi connectivity index (χ3n) is 5.59. The Kier molecular flexibility index (Phi) is 6.24. The van der Waals surface area contributed by atoms with Crippen molar-refractivity contribution in [1.82, 2.24) is 0 Å². The zero-order valence-corrected chi connectivity index (χ0v) is 16.8. The van der Waals surface area contributed by atoms with Crippen LogP contribution in [0.4, 0.5) is 11.4 Å². The highest BCUT2D eigenvalue weighted by Gasteiger charge is 2.27. The van der Waals surface area contributed by atoms with Gasteiger partial charge in [-0.2, -0.15) is 0 Å². The predicted octanol–water partition coefficient (Wildman–Crippen LogP) is 6.77. The van der Waals surface area contributed by atoms with E-state index in [1.807, 2.05) is 0 Å². The molecule has 2 N–H and O–H groups in total. The van der Waals surface area contributed by atoms with Gasteiger partial charge in [0.1, 0.15) is 0 Å². The summed E-state index contributed by atoms with van der Waals surface area (Å²) >= 11 is 0. The van der Waals surface area contributed by atoms with Gasteiger partial charge in [-0.1, -0.05) is 76.9 Å². The van der Waals surface area contributed by atoms with Crippen LogP contribution in [0.1, 0.15) is 76.3 Å². The van der Waals surface area contributed by atoms with Crippen LogP contribution in [0.5, 0.6) is 0 Å². The summed E-state index contributed by atoms with van der Waals surface area (Å²) < 4.78 is 0. The molecule has 140 valence electrons. The Labute approximate surface area is 159 Å². The molecule has 1 aliphatic rings. The average molecular weight is 351 g/mol. The lowest BCUT2D eigenvalue weighted by Gasteiger charge is -2.36. The maximum Gasteiger partial charge on any atom is 0.0462 e. The SMILES string of the molecule is CC(C)c1cccc(C(C)C)c1N[C@@H]1CCCC[C@H]1Nc1ccccc1. The van der Waals surface area contributed by atoms with E-state index in [-0.39, 0.29) is 0 Å². The van der Waals surface area contributed by atoms with Gasteiger partial charge in [0.2, 0.25) is 0 Å². The van der Waals surface area contributed by atoms with E-state index < -0.39 is 0 Å². The first kappa shape index (κ1) is 18.8. The number of rotatable bonds is 6. The highest BCUT2D eigenvalue weighted by molar-refractivity contribution is 5.61. The van der Waals surface area contributed by atoms with E-state index in [0.717, 1.165) is 0 Å². The molecule has 0 aromatic heterocycles. The smallest absolute Gasteiger partial charge is 0.0462 e. The van der Waals surface area contributed by atoms with Crippen LogP contribution in [0.2, 0.25) is 0 Å². The minimum Gasteiger partial charge on any atom is -0.380 e. The van der Waals surface area contributed by atoms with Crippen molar-refractivity contribution in [3.05, 3.63) is 59.7 Å². The maximum atomic E-state index is 3.99. The van der Waals surface area contributed by atoms with Gasteiger partial charge in [-0.3, -0.25) is 0 Å². The van der Waals surface area contributed by atoms with E-state index in [4.69, 9.17) is 0 Å². The summed E-state index contributed by atoms with van der Waals surface area (Å²) in [7, 11) is 0. The van der Waals surface area contributed by atoms with Crippen molar-refractivity contribution in [3.8, 4) is 0 Å². The molecule has 1 aliphatic carbocycles. The fourth-order valence-corrected chi connectivity index (χ4v) is 4.13. The van der Waals surface area contributed by atoms with E-state index in [1.165, 1.54) is 48.2 Å². The zero-order valence-electron chi connectivity index (χ0n) is 16.8. The molecule has 0 heterocycles. The van der Waals surface area contributed by atoms with Gasteiger partial charge >= 0.3 is 0 Å². The molecule has 2 aromatic carbocycles. The van der Waals surface area contributed by atoms with E-state index in [1.54, 1.807) is 0 Å². The van der Waals surface area contributed by atoms with Crippen LogP contribution in [0.3, 0.4) is 0 Å². The number of hydrogen-bond donors (Lipinski definition) is 2. The number of hydrogen-bond acceptors (Lipinski definition) is 2. The molecule has 26 heavy (non-hydrogen) atoms. The highest BCUT2D eigenvalue weighted by Crippen LogP contribution is 2.35. The molecular weight excluding hydrogens is 316 g/mol. The summed E-state index contributed by atoms with van der Waals surface area (Å²) in [6.07, 6.45) is 5.08. The zero-order chi connectivity index (χ0) is 18.5. The van der Waals surface area contributed by atoms with Crippen LogP contribution in [-0.2, 0) is 0 Å². The van der Waals surface area contributed by atoms with Crippen molar-refractivity contribution in [1.29, 1.82) is 0 Å². The fourth-order valence-electron chi connectivity index (χ4n) is 4.13. The summed E-state index contributed by atoms with van der Waals surface area (Å²) in [5.74, 6) is 1.06. The van der Waals surface area contributed by atoms with Gasteiger partial charge in [0.25, 0.3) is 0 Å². The molecule has 2 aromatic rings. The predicted molar refractivity (Wildman–Crippen MR) is 114 cm³/mol. The quantitative estimate of drug-likeness (QED) is 0.601. The first-order valence-electron chi connectivity index (χ1n) is 10.3. The van der Waals surface area contributed by atoms with Gasteiger partial charge in [0.05, 0.1) is 0 Å². The van der Waals surface area contributed by atoms with Crippen molar-refractivity contribution < 1.29 is 0 Å². The average Bonchev–Trinajstić information content (AvgIpc) is 2.64. The Morgan fingerprint density at radius 2 is 1.23 bits per heavy atom. The van der Waals surface area contributed by atoms with Crippen molar-refractivity contribution in [2.75, 3.05) is 10.6 Å².